The maximum Gasteiger partial charge on any atom is 0.0386 e. The van der Waals surface area contributed by atoms with E-state index in [1.165, 1.54) is 154 Å². The molecule has 0 amide bonds. The molecule has 0 aliphatic carbocycles. The first-order chi connectivity index (χ1) is 18.9. The Hall–Kier alpha value is -1.70. The summed E-state index contributed by atoms with van der Waals surface area (Å²) in [6.07, 6.45) is 49.4. The minimum atomic E-state index is 1.09. The zero-order valence-electron chi connectivity index (χ0n) is 24.9. The van der Waals surface area contributed by atoms with Crippen LogP contribution in [0.4, 0.5) is 0 Å². The molecule has 0 aromatic heterocycles. The van der Waals surface area contributed by atoms with Gasteiger partial charge in [0.2, 0.25) is 0 Å². The van der Waals surface area contributed by atoms with Crippen LogP contribution >= 0.6 is 0 Å². The molecule has 0 atom stereocenters. The molecular weight excluding hydrogens is 460 g/mol. The summed E-state index contributed by atoms with van der Waals surface area (Å²) in [4.78, 5) is 5.07. The van der Waals surface area contributed by atoms with Gasteiger partial charge < -0.3 is 9.80 Å². The second-order valence-electron chi connectivity index (χ2n) is 12.2. The molecule has 2 heteroatoms. The summed E-state index contributed by atoms with van der Waals surface area (Å²) in [5.41, 5.74) is 3.19. The van der Waals surface area contributed by atoms with E-state index in [4.69, 9.17) is 0 Å². The van der Waals surface area contributed by atoms with Crippen molar-refractivity contribution in [1.82, 2.24) is 9.80 Å². The molecule has 3 heterocycles. The topological polar surface area (TPSA) is 6.48 Å². The van der Waals surface area contributed by atoms with Crippen molar-refractivity contribution in [2.24, 2.45) is 0 Å². The fraction of sp³-hybridized carbons (Fsp3) is 0.722. The standard InChI is InChI=1S/C36H60N2/c1-2-5-9-13-17-21-29-37-31-24-28-36(34-37)26-20-16-12-8-4-6-10-14-18-22-30-38-32-23-27-35(33-38)25-19-15-11-7-3-1/h13,17,23-24,27-28,32,34H,1-12,14-16,18-22,25-26,29-31,33H2. The lowest BCUT2D eigenvalue weighted by Crippen LogP contribution is -2.23. The molecule has 3 aliphatic rings. The van der Waals surface area contributed by atoms with Gasteiger partial charge in [-0.2, -0.15) is 0 Å². The van der Waals surface area contributed by atoms with Crippen molar-refractivity contribution in [1.29, 1.82) is 0 Å². The van der Waals surface area contributed by atoms with Crippen molar-refractivity contribution in [3.05, 3.63) is 60.0 Å². The molecule has 214 valence electrons. The molecule has 2 nitrogen and oxygen atoms in total. The van der Waals surface area contributed by atoms with Crippen molar-refractivity contribution >= 4 is 0 Å². The SMILES string of the molecule is C1=CN2CCCCCCCCCCCCC3=CN(CC=C3)CCC=CCCCCCCCCCCC(=C1)C2. The molecule has 0 N–H and O–H groups in total. The van der Waals surface area contributed by atoms with E-state index in [0.717, 1.165) is 13.1 Å². The molecular formula is C36H60N2. The minimum Gasteiger partial charge on any atom is -0.373 e. The Morgan fingerprint density at radius 2 is 1.11 bits per heavy atom. The third-order valence-corrected chi connectivity index (χ3v) is 8.58. The largest absolute Gasteiger partial charge is 0.373 e. The monoisotopic (exact) mass is 520 g/mol. The van der Waals surface area contributed by atoms with Gasteiger partial charge in [0.05, 0.1) is 0 Å². The highest BCUT2D eigenvalue weighted by Gasteiger charge is 2.08. The van der Waals surface area contributed by atoms with Crippen molar-refractivity contribution in [3.63, 3.8) is 0 Å². The Morgan fingerprint density at radius 1 is 0.500 bits per heavy atom. The highest BCUT2D eigenvalue weighted by molar-refractivity contribution is 5.22. The second-order valence-corrected chi connectivity index (χ2v) is 12.2. The lowest BCUT2D eigenvalue weighted by atomic mass is 10.0. The van der Waals surface area contributed by atoms with E-state index in [-0.39, 0.29) is 0 Å². The number of fused-ring (bicyclic) bond motifs is 3. The summed E-state index contributed by atoms with van der Waals surface area (Å²) < 4.78 is 0. The van der Waals surface area contributed by atoms with Gasteiger partial charge in [-0.1, -0.05) is 126 Å². The number of nitrogens with zero attached hydrogens (tertiary/aromatic N) is 2. The number of rotatable bonds is 0. The van der Waals surface area contributed by atoms with Crippen molar-refractivity contribution < 1.29 is 0 Å². The smallest absolute Gasteiger partial charge is 0.0386 e. The van der Waals surface area contributed by atoms with Crippen LogP contribution in [-0.2, 0) is 0 Å². The minimum absolute atomic E-state index is 1.09. The van der Waals surface area contributed by atoms with Gasteiger partial charge in [0, 0.05) is 32.4 Å². The van der Waals surface area contributed by atoms with Gasteiger partial charge in [-0.05, 0) is 69.2 Å². The Labute approximate surface area is 237 Å². The van der Waals surface area contributed by atoms with Gasteiger partial charge in [-0.3, -0.25) is 0 Å². The summed E-state index contributed by atoms with van der Waals surface area (Å²) in [5, 5.41) is 0. The van der Waals surface area contributed by atoms with Crippen LogP contribution in [0.5, 0.6) is 0 Å². The lowest BCUT2D eigenvalue weighted by Gasteiger charge is -2.25. The third-order valence-electron chi connectivity index (χ3n) is 8.58. The van der Waals surface area contributed by atoms with Gasteiger partial charge in [0.15, 0.2) is 0 Å². The first kappa shape index (κ1) is 30.8. The van der Waals surface area contributed by atoms with E-state index in [0.29, 0.717) is 0 Å². The van der Waals surface area contributed by atoms with Crippen LogP contribution in [-0.4, -0.2) is 36.0 Å². The molecule has 0 aromatic carbocycles. The number of hydrogen-bond donors (Lipinski definition) is 0. The number of allylic oxidation sites excluding steroid dienone is 5. The normalized spacial score (nSPS) is 23.6. The molecule has 0 fully saturated rings. The summed E-state index contributed by atoms with van der Waals surface area (Å²) in [7, 11) is 0. The highest BCUT2D eigenvalue weighted by Crippen LogP contribution is 2.19. The van der Waals surface area contributed by atoms with E-state index in [2.05, 4.69) is 58.7 Å². The lowest BCUT2D eigenvalue weighted by molar-refractivity contribution is 0.378. The van der Waals surface area contributed by atoms with E-state index in [9.17, 15) is 0 Å². The van der Waals surface area contributed by atoms with Crippen LogP contribution in [0.25, 0.3) is 0 Å². The molecule has 0 unspecified atom stereocenters. The Balaban J connectivity index is 1.32. The molecule has 0 saturated carbocycles. The zero-order valence-corrected chi connectivity index (χ0v) is 24.9. The predicted octanol–water partition coefficient (Wildman–Crippen LogP) is 10.6. The molecule has 0 radical (unpaired) electrons. The van der Waals surface area contributed by atoms with E-state index < -0.39 is 0 Å². The van der Waals surface area contributed by atoms with Crippen molar-refractivity contribution in [2.45, 2.75) is 141 Å². The Kier molecular flexibility index (Phi) is 17.2. The maximum absolute atomic E-state index is 2.56. The summed E-state index contributed by atoms with van der Waals surface area (Å²) >= 11 is 0. The Bertz CT molecular complexity index is 740. The van der Waals surface area contributed by atoms with Crippen LogP contribution in [0.3, 0.4) is 0 Å². The zero-order chi connectivity index (χ0) is 26.4. The quantitative estimate of drug-likeness (QED) is 0.293. The van der Waals surface area contributed by atoms with Gasteiger partial charge in [0.25, 0.3) is 0 Å². The molecule has 0 saturated heterocycles. The summed E-state index contributed by atoms with van der Waals surface area (Å²) in [6.45, 7) is 4.67. The predicted molar refractivity (Wildman–Crippen MR) is 168 cm³/mol. The highest BCUT2D eigenvalue weighted by atomic mass is 15.1. The fourth-order valence-corrected chi connectivity index (χ4v) is 6.17. The molecule has 3 aliphatic heterocycles. The van der Waals surface area contributed by atoms with Gasteiger partial charge >= 0.3 is 0 Å². The first-order valence-corrected chi connectivity index (χ1v) is 16.8. The molecule has 38 heavy (non-hydrogen) atoms. The van der Waals surface area contributed by atoms with Crippen LogP contribution in [0.15, 0.2) is 60.0 Å². The average molecular weight is 521 g/mol. The fourth-order valence-electron chi connectivity index (χ4n) is 6.17. The summed E-state index contributed by atoms with van der Waals surface area (Å²) in [5.74, 6) is 0. The Morgan fingerprint density at radius 3 is 1.84 bits per heavy atom. The van der Waals surface area contributed by atoms with Gasteiger partial charge in [-0.25, -0.2) is 0 Å². The molecule has 0 aromatic rings. The van der Waals surface area contributed by atoms with Gasteiger partial charge in [-0.15, -0.1) is 0 Å². The molecule has 4 bridgehead atoms. The average Bonchev–Trinajstić information content (AvgIpc) is 2.94. The van der Waals surface area contributed by atoms with E-state index >= 15 is 0 Å². The molecule has 0 spiro atoms. The van der Waals surface area contributed by atoms with Gasteiger partial charge in [0.1, 0.15) is 0 Å². The van der Waals surface area contributed by atoms with Crippen molar-refractivity contribution in [2.75, 3.05) is 26.2 Å². The third kappa shape index (κ3) is 15.0. The van der Waals surface area contributed by atoms with Crippen LogP contribution in [0, 0.1) is 0 Å². The first-order valence-electron chi connectivity index (χ1n) is 16.8. The van der Waals surface area contributed by atoms with Crippen LogP contribution in [0.2, 0.25) is 0 Å². The van der Waals surface area contributed by atoms with Crippen molar-refractivity contribution in [3.8, 4) is 0 Å². The van der Waals surface area contributed by atoms with Crippen LogP contribution < -0.4 is 0 Å². The maximum atomic E-state index is 2.56. The molecule has 3 rings (SSSR count). The van der Waals surface area contributed by atoms with E-state index in [1.54, 1.807) is 11.1 Å². The second kappa shape index (κ2) is 21.2. The number of hydrogen-bond acceptors (Lipinski definition) is 2. The van der Waals surface area contributed by atoms with Crippen LogP contribution in [0.1, 0.15) is 141 Å². The summed E-state index contributed by atoms with van der Waals surface area (Å²) in [6, 6.07) is 0. The van der Waals surface area contributed by atoms with E-state index in [1.807, 2.05) is 0 Å².